The zero-order valence-electron chi connectivity index (χ0n) is 8.94. The van der Waals surface area contributed by atoms with E-state index < -0.39 is 15.7 Å². The van der Waals surface area contributed by atoms with Crippen LogP contribution in [0.4, 0.5) is 4.39 Å². The summed E-state index contributed by atoms with van der Waals surface area (Å²) in [6.45, 7) is 0. The molecule has 0 aromatic heterocycles. The molecule has 1 aromatic rings. The van der Waals surface area contributed by atoms with Crippen LogP contribution < -0.4 is 0 Å². The average molecular weight is 276 g/mol. The molecule has 1 heterocycles. The fourth-order valence-electron chi connectivity index (χ4n) is 1.71. The van der Waals surface area contributed by atoms with E-state index >= 15 is 0 Å². The van der Waals surface area contributed by atoms with Gasteiger partial charge in [0.05, 0.1) is 22.6 Å². The van der Waals surface area contributed by atoms with Crippen molar-refractivity contribution in [3.63, 3.8) is 0 Å². The maximum Gasteiger partial charge on any atom is 0.152 e. The van der Waals surface area contributed by atoms with Crippen molar-refractivity contribution in [2.24, 2.45) is 4.99 Å². The first-order valence-corrected chi connectivity index (χ1v) is 7.35. The molecular weight excluding hydrogens is 265 g/mol. The molecule has 3 nitrogen and oxygen atoms in total. The monoisotopic (exact) mass is 275 g/mol. The Morgan fingerprint density at radius 3 is 2.82 bits per heavy atom. The van der Waals surface area contributed by atoms with Gasteiger partial charge in [0.15, 0.2) is 9.84 Å². The van der Waals surface area contributed by atoms with Crippen LogP contribution >= 0.6 is 11.6 Å². The quantitative estimate of drug-likeness (QED) is 0.776. The first-order chi connectivity index (χ1) is 7.98. The van der Waals surface area contributed by atoms with Crippen LogP contribution in [0.2, 0.25) is 5.02 Å². The van der Waals surface area contributed by atoms with Crippen LogP contribution in [0.3, 0.4) is 0 Å². The standard InChI is InChI=1S/C11H11ClFNO2S/c12-10-2-1-3-11(13)9(10)6-14-8-4-5-17(15,16)7-8/h1-3,6,8H,4-5,7H2. The molecule has 1 fully saturated rings. The minimum absolute atomic E-state index is 0.0373. The van der Waals surface area contributed by atoms with Crippen LogP contribution in [0.15, 0.2) is 23.2 Å². The van der Waals surface area contributed by atoms with E-state index in [1.807, 2.05) is 0 Å². The Hall–Kier alpha value is -0.940. The van der Waals surface area contributed by atoms with E-state index in [-0.39, 0.29) is 28.1 Å². The smallest absolute Gasteiger partial charge is 0.152 e. The van der Waals surface area contributed by atoms with Gasteiger partial charge < -0.3 is 0 Å². The van der Waals surface area contributed by atoms with Crippen molar-refractivity contribution in [1.82, 2.24) is 0 Å². The van der Waals surface area contributed by atoms with Gasteiger partial charge in [-0.05, 0) is 18.6 Å². The summed E-state index contributed by atoms with van der Waals surface area (Å²) >= 11 is 5.82. The predicted molar refractivity (Wildman–Crippen MR) is 66.1 cm³/mol. The molecule has 0 radical (unpaired) electrons. The maximum absolute atomic E-state index is 13.4. The van der Waals surface area contributed by atoms with Crippen molar-refractivity contribution in [1.29, 1.82) is 0 Å². The van der Waals surface area contributed by atoms with Crippen molar-refractivity contribution >= 4 is 27.7 Å². The van der Waals surface area contributed by atoms with Gasteiger partial charge in [-0.3, -0.25) is 4.99 Å². The Balaban J connectivity index is 2.17. The topological polar surface area (TPSA) is 46.5 Å². The van der Waals surface area contributed by atoms with Gasteiger partial charge in [-0.2, -0.15) is 0 Å². The first kappa shape index (κ1) is 12.5. The molecule has 92 valence electrons. The Kier molecular flexibility index (Phi) is 3.49. The zero-order valence-corrected chi connectivity index (χ0v) is 10.5. The molecule has 17 heavy (non-hydrogen) atoms. The Labute approximate surface area is 104 Å². The summed E-state index contributed by atoms with van der Waals surface area (Å²) in [5.41, 5.74) is 0.207. The Morgan fingerprint density at radius 1 is 1.47 bits per heavy atom. The van der Waals surface area contributed by atoms with Gasteiger partial charge in [0.1, 0.15) is 5.82 Å². The fraction of sp³-hybridized carbons (Fsp3) is 0.364. The molecule has 0 N–H and O–H groups in total. The average Bonchev–Trinajstić information content (AvgIpc) is 2.57. The lowest BCUT2D eigenvalue weighted by Crippen LogP contribution is -2.08. The van der Waals surface area contributed by atoms with E-state index in [1.54, 1.807) is 6.07 Å². The van der Waals surface area contributed by atoms with Gasteiger partial charge in [0.2, 0.25) is 0 Å². The van der Waals surface area contributed by atoms with Gasteiger partial charge in [0, 0.05) is 11.8 Å². The van der Waals surface area contributed by atoms with E-state index in [0.29, 0.717) is 6.42 Å². The van der Waals surface area contributed by atoms with Crippen LogP contribution in [-0.2, 0) is 9.84 Å². The van der Waals surface area contributed by atoms with Gasteiger partial charge >= 0.3 is 0 Å². The molecule has 1 aliphatic heterocycles. The number of hydrogen-bond donors (Lipinski definition) is 0. The minimum Gasteiger partial charge on any atom is -0.288 e. The molecule has 1 unspecified atom stereocenters. The molecule has 2 rings (SSSR count). The molecular formula is C11H11ClFNO2S. The molecule has 6 heteroatoms. The molecule has 0 bridgehead atoms. The van der Waals surface area contributed by atoms with Crippen LogP contribution in [0.25, 0.3) is 0 Å². The number of hydrogen-bond acceptors (Lipinski definition) is 3. The molecule has 0 aliphatic carbocycles. The third kappa shape index (κ3) is 3.04. The van der Waals surface area contributed by atoms with Crippen molar-refractivity contribution in [3.8, 4) is 0 Å². The lowest BCUT2D eigenvalue weighted by atomic mass is 10.2. The summed E-state index contributed by atoms with van der Waals surface area (Å²) in [5.74, 6) is -0.266. The van der Waals surface area contributed by atoms with Gasteiger partial charge in [0.25, 0.3) is 0 Å². The lowest BCUT2D eigenvalue weighted by Gasteiger charge is -2.02. The molecule has 0 amide bonds. The third-order valence-electron chi connectivity index (χ3n) is 2.62. The molecule has 1 aliphatic rings. The minimum atomic E-state index is -2.96. The number of nitrogens with zero attached hydrogens (tertiary/aromatic N) is 1. The summed E-state index contributed by atoms with van der Waals surface area (Å²) in [7, 11) is -2.96. The summed E-state index contributed by atoms with van der Waals surface area (Å²) in [4.78, 5) is 4.08. The van der Waals surface area contributed by atoms with E-state index in [1.165, 1.54) is 18.3 Å². The number of benzene rings is 1. The second kappa shape index (κ2) is 4.74. The van der Waals surface area contributed by atoms with Crippen molar-refractivity contribution in [3.05, 3.63) is 34.6 Å². The van der Waals surface area contributed by atoms with Gasteiger partial charge in [-0.15, -0.1) is 0 Å². The number of rotatable bonds is 2. The van der Waals surface area contributed by atoms with Crippen molar-refractivity contribution in [2.75, 3.05) is 11.5 Å². The lowest BCUT2D eigenvalue weighted by molar-refractivity contribution is 0.601. The van der Waals surface area contributed by atoms with Crippen molar-refractivity contribution < 1.29 is 12.8 Å². The normalized spacial score (nSPS) is 23.3. The van der Waals surface area contributed by atoms with E-state index in [9.17, 15) is 12.8 Å². The Bertz CT molecular complexity index is 536. The van der Waals surface area contributed by atoms with E-state index in [4.69, 9.17) is 11.6 Å². The molecule has 1 atom stereocenters. The largest absolute Gasteiger partial charge is 0.288 e. The van der Waals surface area contributed by atoms with E-state index in [0.717, 1.165) is 0 Å². The summed E-state index contributed by atoms with van der Waals surface area (Å²) in [6.07, 6.45) is 1.81. The molecule has 1 aromatic carbocycles. The SMILES string of the molecule is O=S1(=O)CCC(N=Cc2c(F)cccc2Cl)C1. The highest BCUT2D eigenvalue weighted by Gasteiger charge is 2.26. The molecule has 0 spiro atoms. The highest BCUT2D eigenvalue weighted by atomic mass is 35.5. The van der Waals surface area contributed by atoms with Crippen LogP contribution in [0, 0.1) is 5.82 Å². The highest BCUT2D eigenvalue weighted by molar-refractivity contribution is 7.91. The van der Waals surface area contributed by atoms with Crippen molar-refractivity contribution in [2.45, 2.75) is 12.5 Å². The second-order valence-electron chi connectivity index (χ2n) is 3.97. The molecule has 1 saturated heterocycles. The number of aliphatic imine (C=N–C) groups is 1. The third-order valence-corrected chi connectivity index (χ3v) is 4.70. The fourth-order valence-corrected chi connectivity index (χ4v) is 3.56. The maximum atomic E-state index is 13.4. The summed E-state index contributed by atoms with van der Waals surface area (Å²) in [5, 5.41) is 0.273. The second-order valence-corrected chi connectivity index (χ2v) is 6.61. The van der Waals surface area contributed by atoms with Gasteiger partial charge in [-0.25, -0.2) is 12.8 Å². The predicted octanol–water partition coefficient (Wildman–Crippen LogP) is 2.09. The highest BCUT2D eigenvalue weighted by Crippen LogP contribution is 2.19. The van der Waals surface area contributed by atoms with Crippen LogP contribution in [0.5, 0.6) is 0 Å². The summed E-state index contributed by atoms with van der Waals surface area (Å²) < 4.78 is 35.8. The number of halogens is 2. The molecule has 0 saturated carbocycles. The Morgan fingerprint density at radius 2 is 2.24 bits per heavy atom. The first-order valence-electron chi connectivity index (χ1n) is 5.15. The van der Waals surface area contributed by atoms with E-state index in [2.05, 4.69) is 4.99 Å². The van der Waals surface area contributed by atoms with Crippen LogP contribution in [0.1, 0.15) is 12.0 Å². The summed E-state index contributed by atoms with van der Waals surface area (Å²) in [6, 6.07) is 4.08. The zero-order chi connectivity index (χ0) is 12.5. The van der Waals surface area contributed by atoms with Gasteiger partial charge in [-0.1, -0.05) is 17.7 Å². The van der Waals surface area contributed by atoms with Crippen LogP contribution in [-0.4, -0.2) is 32.2 Å². The number of sulfone groups is 1.